The molecule has 0 aliphatic rings. The maximum atomic E-state index is 4.09. The van der Waals surface area contributed by atoms with Crippen LogP contribution in [0.15, 0.2) is 32.9 Å². The molecule has 3 nitrogen and oxygen atoms in total. The third-order valence-electron chi connectivity index (χ3n) is 1.72. The van der Waals surface area contributed by atoms with Crippen LogP contribution in [0.2, 0.25) is 0 Å². The van der Waals surface area contributed by atoms with Crippen LogP contribution in [0.25, 0.3) is 0 Å². The minimum atomic E-state index is 0. The highest BCUT2D eigenvalue weighted by atomic mass is 127. The van der Waals surface area contributed by atoms with Crippen molar-refractivity contribution < 1.29 is 0 Å². The molecule has 1 aromatic heterocycles. The highest BCUT2D eigenvalue weighted by Gasteiger charge is 1.98. The van der Waals surface area contributed by atoms with Gasteiger partial charge < -0.3 is 10.6 Å². The first-order chi connectivity index (χ1) is 7.26. The summed E-state index contributed by atoms with van der Waals surface area (Å²) in [4.78, 5) is 4.09. The number of nitrogens with zero attached hydrogens (tertiary/aromatic N) is 1. The first kappa shape index (κ1) is 15.9. The number of rotatable bonds is 4. The predicted molar refractivity (Wildman–Crippen MR) is 85.8 cm³/mol. The number of hydrogen-bond donors (Lipinski definition) is 2. The Hall–Kier alpha value is -0.0800. The molecule has 0 unspecified atom stereocenters. The maximum absolute atomic E-state index is 4.09. The Kier molecular flexibility index (Phi) is 8.96. The molecule has 1 rings (SSSR count). The van der Waals surface area contributed by atoms with E-state index < -0.39 is 0 Å². The van der Waals surface area contributed by atoms with Gasteiger partial charge >= 0.3 is 0 Å². The van der Waals surface area contributed by atoms with Crippen molar-refractivity contribution in [3.05, 3.63) is 33.5 Å². The maximum Gasteiger partial charge on any atom is 0.191 e. The van der Waals surface area contributed by atoms with Gasteiger partial charge in [-0.25, -0.2) is 0 Å². The number of halogens is 2. The quantitative estimate of drug-likeness (QED) is 0.343. The Morgan fingerprint density at radius 3 is 2.88 bits per heavy atom. The lowest BCUT2D eigenvalue weighted by molar-refractivity contribution is 0.850. The van der Waals surface area contributed by atoms with Crippen LogP contribution in [0, 0.1) is 0 Å². The Morgan fingerprint density at radius 2 is 2.38 bits per heavy atom. The zero-order chi connectivity index (χ0) is 11.1. The zero-order valence-corrected chi connectivity index (χ0v) is 13.7. The Balaban J connectivity index is 0.00000225. The molecule has 16 heavy (non-hydrogen) atoms. The normalized spacial score (nSPS) is 10.5. The van der Waals surface area contributed by atoms with E-state index >= 15 is 0 Å². The van der Waals surface area contributed by atoms with E-state index in [4.69, 9.17) is 0 Å². The fraction of sp³-hybridized carbons (Fsp3) is 0.300. The number of hydrogen-bond acceptors (Lipinski definition) is 2. The zero-order valence-electron chi connectivity index (χ0n) is 9.00. The van der Waals surface area contributed by atoms with Gasteiger partial charge in [0.25, 0.3) is 0 Å². The van der Waals surface area contributed by atoms with Gasteiger partial charge in [0.1, 0.15) is 0 Å². The van der Waals surface area contributed by atoms with Gasteiger partial charge in [-0.2, -0.15) is 0 Å². The molecule has 0 aliphatic heterocycles. The molecular formula is C10H15BrIN3S. The van der Waals surface area contributed by atoms with E-state index in [0.717, 1.165) is 16.3 Å². The van der Waals surface area contributed by atoms with Gasteiger partial charge in [0, 0.05) is 20.1 Å². The molecule has 0 atom stereocenters. The van der Waals surface area contributed by atoms with Crippen molar-refractivity contribution in [1.82, 2.24) is 10.6 Å². The summed E-state index contributed by atoms with van der Waals surface area (Å²) in [5.74, 6) is 0.789. The predicted octanol–water partition coefficient (Wildman–Crippen LogP) is 2.98. The van der Waals surface area contributed by atoms with E-state index in [0.29, 0.717) is 6.54 Å². The molecule has 0 fully saturated rings. The minimum absolute atomic E-state index is 0. The molecule has 0 amide bonds. The van der Waals surface area contributed by atoms with Gasteiger partial charge in [0.2, 0.25) is 0 Å². The summed E-state index contributed by atoms with van der Waals surface area (Å²) in [5.41, 5.74) is 1.24. The molecule has 0 aliphatic carbocycles. The summed E-state index contributed by atoms with van der Waals surface area (Å²) in [6.07, 6.45) is 1.80. The van der Waals surface area contributed by atoms with Crippen LogP contribution in [-0.2, 0) is 6.54 Å². The summed E-state index contributed by atoms with van der Waals surface area (Å²) in [6.45, 7) is 5.13. The smallest absolute Gasteiger partial charge is 0.191 e. The highest BCUT2D eigenvalue weighted by Crippen LogP contribution is 2.20. The van der Waals surface area contributed by atoms with Crippen molar-refractivity contribution in [2.45, 2.75) is 6.54 Å². The van der Waals surface area contributed by atoms with Crippen molar-refractivity contribution in [3.8, 4) is 0 Å². The van der Waals surface area contributed by atoms with E-state index in [-0.39, 0.29) is 24.0 Å². The van der Waals surface area contributed by atoms with E-state index in [2.05, 4.69) is 49.6 Å². The summed E-state index contributed by atoms with van der Waals surface area (Å²) in [7, 11) is 1.75. The molecule has 6 heteroatoms. The van der Waals surface area contributed by atoms with Crippen LogP contribution in [0.5, 0.6) is 0 Å². The van der Waals surface area contributed by atoms with E-state index in [1.165, 1.54) is 5.56 Å². The molecule has 0 spiro atoms. The molecule has 0 aromatic carbocycles. The molecule has 1 aromatic rings. The molecule has 0 radical (unpaired) electrons. The third kappa shape index (κ3) is 5.86. The second-order valence-electron chi connectivity index (χ2n) is 2.85. The van der Waals surface area contributed by atoms with Gasteiger partial charge in [-0.05, 0) is 32.9 Å². The Morgan fingerprint density at radius 1 is 1.62 bits per heavy atom. The van der Waals surface area contributed by atoms with Crippen LogP contribution in [0.1, 0.15) is 5.56 Å². The molecular weight excluding hydrogens is 401 g/mol. The largest absolute Gasteiger partial charge is 0.353 e. The van der Waals surface area contributed by atoms with Crippen molar-refractivity contribution in [1.29, 1.82) is 0 Å². The minimum Gasteiger partial charge on any atom is -0.353 e. The lowest BCUT2D eigenvalue weighted by Crippen LogP contribution is -2.36. The number of thiophene rings is 1. The van der Waals surface area contributed by atoms with Crippen LogP contribution in [0.4, 0.5) is 0 Å². The van der Waals surface area contributed by atoms with Gasteiger partial charge in [0.15, 0.2) is 5.96 Å². The average Bonchev–Trinajstić information content (AvgIpc) is 2.65. The fourth-order valence-electron chi connectivity index (χ4n) is 1.01. The summed E-state index contributed by atoms with van der Waals surface area (Å²) in [6, 6.07) is 2.10. The third-order valence-corrected chi connectivity index (χ3v) is 3.27. The Bertz CT molecular complexity index is 352. The molecule has 0 saturated carbocycles. The monoisotopic (exact) mass is 415 g/mol. The van der Waals surface area contributed by atoms with Gasteiger partial charge in [-0.1, -0.05) is 6.08 Å². The number of guanidine groups is 1. The van der Waals surface area contributed by atoms with E-state index in [9.17, 15) is 0 Å². The van der Waals surface area contributed by atoms with Crippen LogP contribution < -0.4 is 10.6 Å². The lowest BCUT2D eigenvalue weighted by atomic mass is 10.3. The number of nitrogens with one attached hydrogen (secondary N) is 2. The van der Waals surface area contributed by atoms with Crippen molar-refractivity contribution in [2.75, 3.05) is 13.6 Å². The van der Waals surface area contributed by atoms with Crippen LogP contribution in [-0.4, -0.2) is 19.6 Å². The average molecular weight is 416 g/mol. The first-order valence-electron chi connectivity index (χ1n) is 4.54. The SMILES string of the molecule is C=CCNC(=NC)NCc1csc(Br)c1.I. The standard InChI is InChI=1S/C10H14BrN3S.HI/c1-3-4-13-10(12-2)14-6-8-5-9(11)15-7-8;/h3,5,7H,1,4,6H2,2H3,(H2,12,13,14);1H. The fourth-order valence-corrected chi connectivity index (χ4v) is 2.22. The summed E-state index contributed by atoms with van der Waals surface area (Å²) in [5, 5.41) is 8.43. The summed E-state index contributed by atoms with van der Waals surface area (Å²) < 4.78 is 1.15. The van der Waals surface area contributed by atoms with Gasteiger partial charge in [-0.3, -0.25) is 4.99 Å². The molecule has 1 heterocycles. The van der Waals surface area contributed by atoms with Gasteiger partial charge in [0.05, 0.1) is 3.79 Å². The second-order valence-corrected chi connectivity index (χ2v) is 5.14. The molecule has 2 N–H and O–H groups in total. The van der Waals surface area contributed by atoms with Crippen LogP contribution >= 0.6 is 51.2 Å². The van der Waals surface area contributed by atoms with Crippen molar-refractivity contribution in [3.63, 3.8) is 0 Å². The molecule has 90 valence electrons. The first-order valence-corrected chi connectivity index (χ1v) is 6.22. The summed E-state index contributed by atoms with van der Waals surface area (Å²) >= 11 is 5.11. The number of aliphatic imine (C=N–C) groups is 1. The van der Waals surface area contributed by atoms with Gasteiger partial charge in [-0.15, -0.1) is 41.9 Å². The lowest BCUT2D eigenvalue weighted by Gasteiger charge is -2.09. The van der Waals surface area contributed by atoms with Crippen molar-refractivity contribution in [2.24, 2.45) is 4.99 Å². The molecule has 0 saturated heterocycles. The van der Waals surface area contributed by atoms with E-state index in [1.807, 2.05) is 0 Å². The topological polar surface area (TPSA) is 36.4 Å². The second kappa shape index (κ2) is 9.00. The van der Waals surface area contributed by atoms with E-state index in [1.54, 1.807) is 24.5 Å². The highest BCUT2D eigenvalue weighted by molar-refractivity contribution is 14.0. The Labute approximate surface area is 126 Å². The molecule has 0 bridgehead atoms. The van der Waals surface area contributed by atoms with Crippen LogP contribution in [0.3, 0.4) is 0 Å². The van der Waals surface area contributed by atoms with Crippen molar-refractivity contribution >= 4 is 57.2 Å².